The molecule has 0 atom stereocenters. The first kappa shape index (κ1) is 15.6. The predicted molar refractivity (Wildman–Crippen MR) is 27.9 cm³/mol. The zero-order chi connectivity index (χ0) is 5.41. The molecule has 2 radical (unpaired) electrons. The maximum Gasteiger partial charge on any atom is 0.0807 e. The van der Waals surface area contributed by atoms with Crippen LogP contribution in [0.25, 0.3) is 0 Å². The fraction of sp³-hybridized carbons (Fsp3) is 0.500. The predicted octanol–water partition coefficient (Wildman–Crippen LogP) is 0.116. The van der Waals surface area contributed by atoms with E-state index in [4.69, 9.17) is 17.7 Å². The summed E-state index contributed by atoms with van der Waals surface area (Å²) >= 11 is 2.92. The van der Waals surface area contributed by atoms with Crippen molar-refractivity contribution < 1.29 is 31.0 Å². The number of alkyl halides is 1. The molecule has 1 N–H and O–H groups in total. The van der Waals surface area contributed by atoms with Crippen LogP contribution in [-0.2, 0) is 25.9 Å². The number of halogens is 1. The summed E-state index contributed by atoms with van der Waals surface area (Å²) in [6.07, 6.45) is 0. The topological polar surface area (TPSA) is 37.3 Å². The van der Waals surface area contributed by atoms with Crippen LogP contribution in [0.3, 0.4) is 0 Å². The zero-order valence-electron chi connectivity index (χ0n) is 3.43. The molecular formula is C2H3BBrO2W-. The Hall–Kier alpha value is 0.703. The molecule has 0 saturated heterocycles. The zero-order valence-corrected chi connectivity index (χ0v) is 7.95. The minimum absolute atomic E-state index is 0. The monoisotopic (exact) mass is 333 g/mol. The molecule has 0 fully saturated rings. The Morgan fingerprint density at radius 3 is 1.86 bits per heavy atom. The van der Waals surface area contributed by atoms with Crippen LogP contribution in [0.5, 0.6) is 0 Å². The van der Waals surface area contributed by atoms with Crippen LogP contribution < -0.4 is 0 Å². The average molecular weight is 334 g/mol. The molecule has 0 rings (SSSR count). The molecule has 0 aliphatic carbocycles. The fourth-order valence-electron chi connectivity index (χ4n) is 0. The summed E-state index contributed by atoms with van der Waals surface area (Å²) in [4.78, 5) is 8.24. The molecular weight excluding hydrogens is 331 g/mol. The van der Waals surface area contributed by atoms with Crippen LogP contribution in [0, 0.1) is 0 Å². The van der Waals surface area contributed by atoms with E-state index in [1.165, 1.54) is 0 Å². The van der Waals surface area contributed by atoms with Crippen LogP contribution in [0.1, 0.15) is 0 Å². The molecule has 0 aromatic rings. The van der Waals surface area contributed by atoms with Gasteiger partial charge in [0, 0.05) is 21.1 Å². The number of aliphatic hydroxyl groups excluding tert-OH is 1. The number of hydrogen-bond donors (Lipinski definition) is 1. The van der Waals surface area contributed by atoms with Crippen molar-refractivity contribution in [3.8, 4) is 0 Å². The summed E-state index contributed by atoms with van der Waals surface area (Å²) < 4.78 is 0. The van der Waals surface area contributed by atoms with Gasteiger partial charge in [-0.25, -0.2) is 0 Å². The first-order valence-corrected chi connectivity index (χ1v) is 2.22. The van der Waals surface area contributed by atoms with E-state index in [9.17, 15) is 0 Å². The van der Waals surface area contributed by atoms with Gasteiger partial charge in [-0.2, -0.15) is 0 Å². The van der Waals surface area contributed by atoms with Gasteiger partial charge in [-0.1, -0.05) is 6.47 Å². The summed E-state index contributed by atoms with van der Waals surface area (Å²) in [5.74, 6) is 0. The molecule has 2 nitrogen and oxygen atoms in total. The van der Waals surface area contributed by atoms with Crippen molar-refractivity contribution in [3.63, 3.8) is 0 Å². The van der Waals surface area contributed by atoms with Crippen molar-refractivity contribution in [1.82, 2.24) is 0 Å². The van der Waals surface area contributed by atoms with Gasteiger partial charge in [0.25, 0.3) is 0 Å². The molecule has 0 amide bonds. The molecule has 0 aromatic carbocycles. The minimum Gasteiger partial charge on any atom is -0.665 e. The van der Waals surface area contributed by atoms with E-state index < -0.39 is 0 Å². The molecule has 0 aromatic heterocycles. The third-order valence-corrected chi connectivity index (χ3v) is 0. The second-order valence-corrected chi connectivity index (χ2v) is 0.893. The van der Waals surface area contributed by atoms with Gasteiger partial charge in [0.15, 0.2) is 0 Å². The van der Waals surface area contributed by atoms with Crippen molar-refractivity contribution >= 4 is 30.2 Å². The number of hydrogen-bond acceptors (Lipinski definition) is 1. The van der Waals surface area contributed by atoms with E-state index in [0.717, 1.165) is 0 Å². The van der Waals surface area contributed by atoms with Gasteiger partial charge >= 0.3 is 0 Å². The molecule has 5 heteroatoms. The molecule has 40 valence electrons. The summed E-state index contributed by atoms with van der Waals surface area (Å²) in [5, 5.41) is 7.33. The third-order valence-electron chi connectivity index (χ3n) is 0. The second-order valence-electron chi connectivity index (χ2n) is 0.246. The maximum absolute atomic E-state index is 8.24. The molecule has 0 bridgehead atoms. The number of rotatable bonds is 0. The Morgan fingerprint density at radius 1 is 1.86 bits per heavy atom. The first-order chi connectivity index (χ1) is 2.83. The molecule has 0 aliphatic rings. The summed E-state index contributed by atoms with van der Waals surface area (Å²) in [5.41, 5.74) is 0. The van der Waals surface area contributed by atoms with Gasteiger partial charge in [0.1, 0.15) is 0 Å². The quantitative estimate of drug-likeness (QED) is 0.388. The van der Waals surface area contributed by atoms with Crippen molar-refractivity contribution in [1.29, 1.82) is 0 Å². The van der Waals surface area contributed by atoms with E-state index in [1.807, 2.05) is 0 Å². The summed E-state index contributed by atoms with van der Waals surface area (Å²) in [7, 11) is 4.76. The third kappa shape index (κ3) is 300. The Labute approximate surface area is 66.5 Å². The molecule has 0 heterocycles. The molecule has 0 saturated carbocycles. The molecule has 0 spiro atoms. The largest absolute Gasteiger partial charge is 0.665 e. The molecule has 7 heavy (non-hydrogen) atoms. The van der Waals surface area contributed by atoms with Gasteiger partial charge in [-0.3, -0.25) is 0 Å². The van der Waals surface area contributed by atoms with Crippen molar-refractivity contribution in [2.24, 2.45) is 0 Å². The van der Waals surface area contributed by atoms with Crippen LogP contribution in [0.2, 0.25) is 0 Å². The summed E-state index contributed by atoms with van der Waals surface area (Å²) in [6, 6.07) is 0. The van der Waals surface area contributed by atoms with Crippen molar-refractivity contribution in [2.75, 3.05) is 5.23 Å². The van der Waals surface area contributed by atoms with E-state index in [-0.39, 0.29) is 21.1 Å². The van der Waals surface area contributed by atoms with E-state index in [0.29, 0.717) is 11.7 Å². The second kappa shape index (κ2) is 29.8. The standard InChI is InChI=1S/CH2BBr.CHO2.W/c2*2-1-3;/h1H2;(H,2,3);/q;-1;. The Morgan fingerprint density at radius 2 is 1.86 bits per heavy atom. The van der Waals surface area contributed by atoms with Gasteiger partial charge in [-0.15, -0.1) is 15.9 Å². The van der Waals surface area contributed by atoms with Crippen molar-refractivity contribution in [2.45, 2.75) is 0 Å². The SMILES string of the molecule is O=[C-]O.[B]CBr.[W]. The van der Waals surface area contributed by atoms with Gasteiger partial charge in [0.2, 0.25) is 0 Å². The minimum atomic E-state index is 0. The van der Waals surface area contributed by atoms with E-state index in [2.05, 4.69) is 15.9 Å². The Bertz CT molecular complexity index is 29.7. The van der Waals surface area contributed by atoms with Crippen LogP contribution >= 0.6 is 15.9 Å². The van der Waals surface area contributed by atoms with E-state index >= 15 is 0 Å². The smallest absolute Gasteiger partial charge is 0.0807 e. The Kier molecular flexibility index (Phi) is 66.7. The molecule has 0 aliphatic heterocycles. The molecule has 0 unspecified atom stereocenters. The van der Waals surface area contributed by atoms with Gasteiger partial charge < -0.3 is 9.90 Å². The van der Waals surface area contributed by atoms with Gasteiger partial charge in [-0.05, 0) is 5.23 Å². The van der Waals surface area contributed by atoms with Crippen molar-refractivity contribution in [3.05, 3.63) is 0 Å². The van der Waals surface area contributed by atoms with Crippen LogP contribution in [-0.4, -0.2) is 24.7 Å². The van der Waals surface area contributed by atoms with E-state index in [1.54, 1.807) is 0 Å². The normalized spacial score (nSPS) is 4.14. The average Bonchev–Trinajstić information content (AvgIpc) is 1.39. The summed E-state index contributed by atoms with van der Waals surface area (Å²) in [6.45, 7) is 0.500. The Balaban J connectivity index is -0.0000000400. The van der Waals surface area contributed by atoms with Crippen LogP contribution in [0.4, 0.5) is 0 Å². The van der Waals surface area contributed by atoms with Gasteiger partial charge in [0.05, 0.1) is 7.85 Å². The maximum atomic E-state index is 8.24. The first-order valence-electron chi connectivity index (χ1n) is 1.10. The fourth-order valence-corrected chi connectivity index (χ4v) is 0. The van der Waals surface area contributed by atoms with Crippen LogP contribution in [0.15, 0.2) is 0 Å².